The van der Waals surface area contributed by atoms with Gasteiger partial charge in [0.05, 0.1) is 0 Å². The molecule has 2 atom stereocenters. The minimum atomic E-state index is -0.502. The second-order valence-electron chi connectivity index (χ2n) is 6.21. The molecule has 2 unspecified atom stereocenters. The van der Waals surface area contributed by atoms with Gasteiger partial charge in [-0.2, -0.15) is 0 Å². The van der Waals surface area contributed by atoms with E-state index in [0.717, 1.165) is 10.0 Å². The first-order valence-corrected chi connectivity index (χ1v) is 11.1. The molecule has 2 aromatic rings. The number of ether oxygens (including phenoxy) is 2. The Kier molecular flexibility index (Phi) is 9.32. The first kappa shape index (κ1) is 21.7. The van der Waals surface area contributed by atoms with Gasteiger partial charge in [-0.05, 0) is 0 Å². The van der Waals surface area contributed by atoms with Gasteiger partial charge < -0.3 is 0 Å². The monoisotopic (exact) mass is 447 g/mol. The average molecular weight is 446 g/mol. The van der Waals surface area contributed by atoms with Crippen molar-refractivity contribution in [3.05, 3.63) is 78.9 Å². The fourth-order valence-corrected chi connectivity index (χ4v) is 3.90. The van der Waals surface area contributed by atoms with E-state index in [9.17, 15) is 9.59 Å². The van der Waals surface area contributed by atoms with Crippen molar-refractivity contribution in [2.75, 3.05) is 0 Å². The molecule has 0 fully saturated rings. The molecular formula is C22H25NO4Se. The van der Waals surface area contributed by atoms with E-state index >= 15 is 0 Å². The van der Waals surface area contributed by atoms with Crippen LogP contribution in [0.2, 0.25) is 5.32 Å². The molecule has 0 heterocycles. The average Bonchev–Trinajstić information content (AvgIpc) is 2.71. The van der Waals surface area contributed by atoms with Crippen LogP contribution in [-0.2, 0) is 20.9 Å². The molecule has 0 aliphatic rings. The van der Waals surface area contributed by atoms with Crippen LogP contribution in [0.3, 0.4) is 0 Å². The Labute approximate surface area is 172 Å². The number of carbonyl (C=O) groups excluding carboxylic acids is 2. The number of carbonyl (C=O) groups is 2. The molecule has 1 N–H and O–H groups in total. The molecule has 0 radical (unpaired) electrons. The van der Waals surface area contributed by atoms with Crippen LogP contribution in [0.15, 0.2) is 73.3 Å². The summed E-state index contributed by atoms with van der Waals surface area (Å²) in [6, 6.07) is 19.1. The Balaban J connectivity index is 1.69. The minimum absolute atomic E-state index is 0.0369. The van der Waals surface area contributed by atoms with Crippen molar-refractivity contribution in [1.29, 1.82) is 0 Å². The van der Waals surface area contributed by atoms with Gasteiger partial charge in [0.2, 0.25) is 0 Å². The normalized spacial score (nSPS) is 12.5. The topological polar surface area (TPSA) is 64.6 Å². The van der Waals surface area contributed by atoms with Crippen LogP contribution in [-0.4, -0.2) is 39.2 Å². The third-order valence-electron chi connectivity index (χ3n) is 3.81. The van der Waals surface area contributed by atoms with E-state index in [-0.39, 0.29) is 33.6 Å². The zero-order valence-corrected chi connectivity index (χ0v) is 17.6. The summed E-state index contributed by atoms with van der Waals surface area (Å²) >= 11 is 0.0369. The van der Waals surface area contributed by atoms with Crippen molar-refractivity contribution in [1.82, 2.24) is 5.32 Å². The van der Waals surface area contributed by atoms with Crippen LogP contribution >= 0.6 is 0 Å². The molecule has 0 aliphatic carbocycles. The third-order valence-corrected chi connectivity index (χ3v) is 5.88. The van der Waals surface area contributed by atoms with Gasteiger partial charge in [-0.25, -0.2) is 0 Å². The van der Waals surface area contributed by atoms with E-state index in [1.165, 1.54) is 0 Å². The second kappa shape index (κ2) is 12.0. The Hall–Kier alpha value is -2.56. The Morgan fingerprint density at radius 2 is 1.75 bits per heavy atom. The number of benzene rings is 2. The van der Waals surface area contributed by atoms with Crippen LogP contribution in [0, 0.1) is 0 Å². The molecule has 28 heavy (non-hydrogen) atoms. The molecule has 2 aromatic carbocycles. The number of hydrogen-bond acceptors (Lipinski definition) is 4. The van der Waals surface area contributed by atoms with Gasteiger partial charge in [-0.15, -0.1) is 0 Å². The zero-order chi connectivity index (χ0) is 20.2. The molecule has 5 nitrogen and oxygen atoms in total. The summed E-state index contributed by atoms with van der Waals surface area (Å²) in [4.78, 5) is 24.0. The third kappa shape index (κ3) is 8.42. The van der Waals surface area contributed by atoms with Crippen molar-refractivity contribution in [2.24, 2.45) is 0 Å². The van der Waals surface area contributed by atoms with Crippen molar-refractivity contribution < 1.29 is 19.1 Å². The number of amides is 1. The summed E-state index contributed by atoms with van der Waals surface area (Å²) in [6.45, 7) is 5.77. The standard InChI is InChI=1S/C22H25NO4Se/c1-3-19(27-21(24)16-28-20-12-8-5-9-13-20)14-17(2)23-22(25)26-15-18-10-6-4-7-11-18/h3-13,17,19H,1,14-16H2,2H3,(H,23,25). The SMILES string of the molecule is C=CC(CC(C)NC(=O)OCc1ccccc1)OC(=O)C[Se]c1ccccc1. The molecule has 0 saturated carbocycles. The molecule has 2 rings (SSSR count). The summed E-state index contributed by atoms with van der Waals surface area (Å²) in [5, 5.41) is 3.11. The van der Waals surface area contributed by atoms with Crippen LogP contribution in [0.25, 0.3) is 0 Å². The maximum atomic E-state index is 12.1. The Bertz CT molecular complexity index is 752. The van der Waals surface area contributed by atoms with Crippen molar-refractivity contribution in [2.45, 2.75) is 37.4 Å². The molecular weight excluding hydrogens is 421 g/mol. The van der Waals surface area contributed by atoms with E-state index < -0.39 is 12.2 Å². The molecule has 0 saturated heterocycles. The number of alkyl carbamates (subject to hydrolysis) is 1. The number of nitrogens with one attached hydrogen (secondary N) is 1. The molecule has 0 spiro atoms. The zero-order valence-electron chi connectivity index (χ0n) is 15.9. The summed E-state index contributed by atoms with van der Waals surface area (Å²) < 4.78 is 11.8. The molecule has 0 bridgehead atoms. The summed E-state index contributed by atoms with van der Waals surface area (Å²) in [6.07, 6.45) is 1.07. The molecule has 1 amide bonds. The van der Waals surface area contributed by atoms with Crippen LogP contribution in [0.1, 0.15) is 18.9 Å². The summed E-state index contributed by atoms with van der Waals surface area (Å²) in [5.41, 5.74) is 0.920. The van der Waals surface area contributed by atoms with E-state index in [0.29, 0.717) is 11.7 Å². The van der Waals surface area contributed by atoms with Crippen molar-refractivity contribution in [3.8, 4) is 0 Å². The summed E-state index contributed by atoms with van der Waals surface area (Å²) in [5.74, 6) is -0.257. The Morgan fingerprint density at radius 3 is 2.39 bits per heavy atom. The first-order valence-electron chi connectivity index (χ1n) is 9.04. The van der Waals surface area contributed by atoms with E-state index in [2.05, 4.69) is 11.9 Å². The number of rotatable bonds is 10. The fourth-order valence-electron chi connectivity index (χ4n) is 2.43. The molecule has 6 heteroatoms. The van der Waals surface area contributed by atoms with Gasteiger partial charge >= 0.3 is 154 Å². The number of hydrogen-bond donors (Lipinski definition) is 1. The quantitative estimate of drug-likeness (QED) is 0.346. The van der Waals surface area contributed by atoms with Gasteiger partial charge in [0, 0.05) is 0 Å². The molecule has 0 aromatic heterocycles. The van der Waals surface area contributed by atoms with E-state index in [4.69, 9.17) is 9.47 Å². The molecule has 0 aliphatic heterocycles. The van der Waals surface area contributed by atoms with Gasteiger partial charge in [0.25, 0.3) is 0 Å². The van der Waals surface area contributed by atoms with Crippen LogP contribution < -0.4 is 9.78 Å². The van der Waals surface area contributed by atoms with Crippen molar-refractivity contribution in [3.63, 3.8) is 0 Å². The fraction of sp³-hybridized carbons (Fsp3) is 0.273. The molecule has 148 valence electrons. The van der Waals surface area contributed by atoms with E-state index in [1.54, 1.807) is 6.08 Å². The summed E-state index contributed by atoms with van der Waals surface area (Å²) in [7, 11) is 0. The van der Waals surface area contributed by atoms with Crippen LogP contribution in [0.5, 0.6) is 0 Å². The van der Waals surface area contributed by atoms with Gasteiger partial charge in [-0.3, -0.25) is 0 Å². The Morgan fingerprint density at radius 1 is 1.11 bits per heavy atom. The first-order chi connectivity index (χ1) is 13.6. The predicted molar refractivity (Wildman–Crippen MR) is 111 cm³/mol. The number of esters is 1. The van der Waals surface area contributed by atoms with Gasteiger partial charge in [-0.1, -0.05) is 18.2 Å². The second-order valence-corrected chi connectivity index (χ2v) is 8.41. The maximum absolute atomic E-state index is 12.1. The van der Waals surface area contributed by atoms with E-state index in [1.807, 2.05) is 67.6 Å². The van der Waals surface area contributed by atoms with Crippen LogP contribution in [0.4, 0.5) is 4.79 Å². The van der Waals surface area contributed by atoms with Gasteiger partial charge in [0.1, 0.15) is 0 Å². The van der Waals surface area contributed by atoms with Gasteiger partial charge in [0.15, 0.2) is 0 Å². The van der Waals surface area contributed by atoms with Crippen molar-refractivity contribution >= 4 is 31.5 Å². The predicted octanol–water partition coefficient (Wildman–Crippen LogP) is 3.24.